The van der Waals surface area contributed by atoms with Gasteiger partial charge in [-0.25, -0.2) is 13.6 Å². The molecule has 0 bridgehead atoms. The van der Waals surface area contributed by atoms with Gasteiger partial charge in [0.25, 0.3) is 5.89 Å². The van der Waals surface area contributed by atoms with Gasteiger partial charge in [-0.1, -0.05) is 0 Å². The highest BCUT2D eigenvalue weighted by Crippen LogP contribution is 2.18. The monoisotopic (exact) mass is 360 g/mol. The molecule has 1 heterocycles. The molecule has 6 nitrogen and oxygen atoms in total. The Balaban J connectivity index is 1.54. The molecule has 1 aromatic heterocycles. The summed E-state index contributed by atoms with van der Waals surface area (Å²) < 4.78 is 41.5. The predicted molar refractivity (Wildman–Crippen MR) is 86.0 cm³/mol. The number of benzene rings is 2. The van der Waals surface area contributed by atoms with Crippen LogP contribution in [0.2, 0.25) is 0 Å². The second-order valence-electron chi connectivity index (χ2n) is 5.33. The molecular formula is C18H14F2N2O4. The second kappa shape index (κ2) is 7.73. The maximum atomic E-state index is 12.9. The molecule has 0 aliphatic carbocycles. The van der Waals surface area contributed by atoms with Crippen molar-refractivity contribution in [3.8, 4) is 17.2 Å². The van der Waals surface area contributed by atoms with E-state index in [9.17, 15) is 13.6 Å². The first-order valence-electron chi connectivity index (χ1n) is 7.68. The van der Waals surface area contributed by atoms with Gasteiger partial charge < -0.3 is 13.9 Å². The predicted octanol–water partition coefficient (Wildman–Crippen LogP) is 3.53. The SMILES string of the molecule is CC(Oc1ccc(F)cc1)C(=O)OCc1nnc(-c2ccc(F)cc2)o1. The molecule has 134 valence electrons. The van der Waals surface area contributed by atoms with Crippen molar-refractivity contribution in [1.82, 2.24) is 10.2 Å². The zero-order valence-electron chi connectivity index (χ0n) is 13.7. The summed E-state index contributed by atoms with van der Waals surface area (Å²) in [6, 6.07) is 10.8. The van der Waals surface area contributed by atoms with Gasteiger partial charge in [0, 0.05) is 5.56 Å². The van der Waals surface area contributed by atoms with Gasteiger partial charge in [-0.15, -0.1) is 10.2 Å². The van der Waals surface area contributed by atoms with Crippen LogP contribution in [0.4, 0.5) is 8.78 Å². The van der Waals surface area contributed by atoms with Crippen LogP contribution in [-0.4, -0.2) is 22.3 Å². The van der Waals surface area contributed by atoms with Crippen LogP contribution < -0.4 is 4.74 Å². The van der Waals surface area contributed by atoms with Gasteiger partial charge >= 0.3 is 5.97 Å². The van der Waals surface area contributed by atoms with Gasteiger partial charge in [0.15, 0.2) is 12.7 Å². The topological polar surface area (TPSA) is 74.5 Å². The van der Waals surface area contributed by atoms with Crippen molar-refractivity contribution in [3.63, 3.8) is 0 Å². The van der Waals surface area contributed by atoms with Crippen molar-refractivity contribution in [3.05, 3.63) is 66.1 Å². The number of ether oxygens (including phenoxy) is 2. The summed E-state index contributed by atoms with van der Waals surface area (Å²) in [5.74, 6) is -0.806. The third-order valence-electron chi connectivity index (χ3n) is 3.35. The molecule has 8 heteroatoms. The summed E-state index contributed by atoms with van der Waals surface area (Å²) in [7, 11) is 0. The number of carbonyl (C=O) groups excluding carboxylic acids is 1. The van der Waals surface area contributed by atoms with Gasteiger partial charge in [-0.05, 0) is 55.5 Å². The third-order valence-corrected chi connectivity index (χ3v) is 3.35. The van der Waals surface area contributed by atoms with E-state index in [1.807, 2.05) is 0 Å². The van der Waals surface area contributed by atoms with E-state index in [4.69, 9.17) is 13.9 Å². The summed E-state index contributed by atoms with van der Waals surface area (Å²) >= 11 is 0. The van der Waals surface area contributed by atoms with E-state index in [0.717, 1.165) is 0 Å². The minimum absolute atomic E-state index is 0.0895. The molecule has 0 aliphatic rings. The number of hydrogen-bond acceptors (Lipinski definition) is 6. The molecule has 0 spiro atoms. The molecule has 0 radical (unpaired) electrons. The number of rotatable bonds is 6. The maximum absolute atomic E-state index is 12.9. The highest BCUT2D eigenvalue weighted by molar-refractivity contribution is 5.74. The van der Waals surface area contributed by atoms with E-state index in [1.165, 1.54) is 55.5 Å². The lowest BCUT2D eigenvalue weighted by Gasteiger charge is -2.13. The highest BCUT2D eigenvalue weighted by Gasteiger charge is 2.18. The van der Waals surface area contributed by atoms with Gasteiger partial charge in [0.1, 0.15) is 17.4 Å². The van der Waals surface area contributed by atoms with Crippen LogP contribution in [-0.2, 0) is 16.1 Å². The highest BCUT2D eigenvalue weighted by atomic mass is 19.1. The van der Waals surface area contributed by atoms with E-state index in [-0.39, 0.29) is 24.2 Å². The van der Waals surface area contributed by atoms with Crippen LogP contribution >= 0.6 is 0 Å². The molecule has 0 saturated carbocycles. The minimum atomic E-state index is -0.903. The molecule has 3 aromatic rings. The average Bonchev–Trinajstić information content (AvgIpc) is 3.11. The molecule has 0 aliphatic heterocycles. The van der Waals surface area contributed by atoms with Crippen LogP contribution in [0.5, 0.6) is 5.75 Å². The van der Waals surface area contributed by atoms with Crippen molar-refractivity contribution in [2.24, 2.45) is 0 Å². The van der Waals surface area contributed by atoms with E-state index in [2.05, 4.69) is 10.2 Å². The molecule has 0 amide bonds. The lowest BCUT2D eigenvalue weighted by Crippen LogP contribution is -2.26. The molecule has 0 saturated heterocycles. The summed E-state index contributed by atoms with van der Waals surface area (Å²) in [6.07, 6.45) is -0.903. The first kappa shape index (κ1) is 17.5. The molecule has 0 fully saturated rings. The molecule has 3 rings (SSSR count). The smallest absolute Gasteiger partial charge is 0.347 e. The van der Waals surface area contributed by atoms with Crippen LogP contribution in [0, 0.1) is 11.6 Å². The number of carbonyl (C=O) groups is 1. The fourth-order valence-corrected chi connectivity index (χ4v) is 2.04. The molecular weight excluding hydrogens is 346 g/mol. The van der Waals surface area contributed by atoms with Crippen molar-refractivity contribution in [2.45, 2.75) is 19.6 Å². The van der Waals surface area contributed by atoms with Crippen molar-refractivity contribution in [1.29, 1.82) is 0 Å². The lowest BCUT2D eigenvalue weighted by atomic mass is 10.2. The summed E-state index contributed by atoms with van der Waals surface area (Å²) in [4.78, 5) is 11.9. The number of esters is 1. The molecule has 26 heavy (non-hydrogen) atoms. The van der Waals surface area contributed by atoms with Crippen LogP contribution in [0.3, 0.4) is 0 Å². The Hall–Kier alpha value is -3.29. The average molecular weight is 360 g/mol. The Labute approximate surface area is 147 Å². The Morgan fingerprint density at radius 3 is 2.31 bits per heavy atom. The van der Waals surface area contributed by atoms with E-state index < -0.39 is 17.9 Å². The van der Waals surface area contributed by atoms with E-state index in [0.29, 0.717) is 11.3 Å². The minimum Gasteiger partial charge on any atom is -0.479 e. The Kier molecular flexibility index (Phi) is 5.21. The summed E-state index contributed by atoms with van der Waals surface area (Å²) in [5, 5.41) is 7.59. The van der Waals surface area contributed by atoms with Gasteiger partial charge in [0.2, 0.25) is 5.89 Å². The Bertz CT molecular complexity index is 879. The Morgan fingerprint density at radius 2 is 1.65 bits per heavy atom. The molecule has 0 N–H and O–H groups in total. The first-order valence-corrected chi connectivity index (χ1v) is 7.68. The lowest BCUT2D eigenvalue weighted by molar-refractivity contribution is -0.153. The molecule has 1 atom stereocenters. The van der Waals surface area contributed by atoms with Gasteiger partial charge in [0.05, 0.1) is 0 Å². The molecule has 1 unspecified atom stereocenters. The quantitative estimate of drug-likeness (QED) is 0.626. The number of aromatic nitrogens is 2. The van der Waals surface area contributed by atoms with Crippen molar-refractivity contribution >= 4 is 5.97 Å². The second-order valence-corrected chi connectivity index (χ2v) is 5.33. The normalized spacial score (nSPS) is 11.8. The zero-order chi connectivity index (χ0) is 18.5. The van der Waals surface area contributed by atoms with Crippen LogP contribution in [0.25, 0.3) is 11.5 Å². The zero-order valence-corrected chi connectivity index (χ0v) is 13.7. The number of hydrogen-bond donors (Lipinski definition) is 0. The third kappa shape index (κ3) is 4.41. The Morgan fingerprint density at radius 1 is 1.04 bits per heavy atom. The maximum Gasteiger partial charge on any atom is 0.347 e. The van der Waals surface area contributed by atoms with Crippen LogP contribution in [0.15, 0.2) is 52.9 Å². The van der Waals surface area contributed by atoms with Gasteiger partial charge in [-0.2, -0.15) is 0 Å². The van der Waals surface area contributed by atoms with Crippen molar-refractivity contribution in [2.75, 3.05) is 0 Å². The van der Waals surface area contributed by atoms with E-state index >= 15 is 0 Å². The molecule has 2 aromatic carbocycles. The fraction of sp³-hybridized carbons (Fsp3) is 0.167. The number of halogens is 2. The fourth-order valence-electron chi connectivity index (χ4n) is 2.04. The number of nitrogens with zero attached hydrogens (tertiary/aromatic N) is 2. The van der Waals surface area contributed by atoms with E-state index in [1.54, 1.807) is 0 Å². The van der Waals surface area contributed by atoms with Crippen LogP contribution in [0.1, 0.15) is 12.8 Å². The van der Waals surface area contributed by atoms with Crippen molar-refractivity contribution < 1.29 is 27.5 Å². The largest absolute Gasteiger partial charge is 0.479 e. The van der Waals surface area contributed by atoms with Gasteiger partial charge in [-0.3, -0.25) is 0 Å². The standard InChI is InChI=1S/C18H14F2N2O4/c1-11(25-15-8-6-14(20)7-9-15)18(23)24-10-16-21-22-17(26-16)12-2-4-13(19)5-3-12/h2-9,11H,10H2,1H3. The first-order chi connectivity index (χ1) is 12.5. The summed E-state index contributed by atoms with van der Waals surface area (Å²) in [6.45, 7) is 1.27. The summed E-state index contributed by atoms with van der Waals surface area (Å²) in [5.41, 5.74) is 0.546.